The van der Waals surface area contributed by atoms with Crippen LogP contribution in [0.3, 0.4) is 0 Å². The van der Waals surface area contributed by atoms with E-state index in [1.807, 2.05) is 41.8 Å². The number of para-hydroxylation sites is 1. The van der Waals surface area contributed by atoms with Crippen molar-refractivity contribution in [1.82, 2.24) is 9.21 Å². The van der Waals surface area contributed by atoms with Gasteiger partial charge in [0.15, 0.2) is 0 Å². The van der Waals surface area contributed by atoms with Gasteiger partial charge in [-0.25, -0.2) is 8.42 Å². The lowest BCUT2D eigenvalue weighted by Gasteiger charge is -2.33. The maximum atomic E-state index is 13.1. The van der Waals surface area contributed by atoms with E-state index in [2.05, 4.69) is 5.32 Å². The second kappa shape index (κ2) is 9.23. The van der Waals surface area contributed by atoms with E-state index >= 15 is 0 Å². The number of nitrogens with one attached hydrogen (secondary N) is 1. The second-order valence-corrected chi connectivity index (χ2v) is 10.3. The minimum Gasteiger partial charge on any atom is -0.340 e. The van der Waals surface area contributed by atoms with Crippen molar-refractivity contribution in [1.29, 1.82) is 0 Å². The number of rotatable bonds is 5. The van der Waals surface area contributed by atoms with Crippen molar-refractivity contribution in [3.63, 3.8) is 0 Å². The number of piperazine rings is 1. The van der Waals surface area contributed by atoms with Crippen LogP contribution >= 0.6 is 11.3 Å². The first-order chi connectivity index (χ1) is 15.4. The van der Waals surface area contributed by atoms with Gasteiger partial charge in [-0.3, -0.25) is 9.59 Å². The van der Waals surface area contributed by atoms with Crippen molar-refractivity contribution >= 4 is 38.9 Å². The summed E-state index contributed by atoms with van der Waals surface area (Å²) < 4.78 is 27.6. The summed E-state index contributed by atoms with van der Waals surface area (Å²) in [5.74, 6) is -0.448. The fourth-order valence-corrected chi connectivity index (χ4v) is 5.86. The van der Waals surface area contributed by atoms with Crippen LogP contribution in [0.5, 0.6) is 0 Å². The Morgan fingerprint density at radius 1 is 0.938 bits per heavy atom. The molecule has 1 fully saturated rings. The highest BCUT2D eigenvalue weighted by molar-refractivity contribution is 7.89. The number of nitrogens with zero attached hydrogens (tertiary/aromatic N) is 2. The Kier molecular flexibility index (Phi) is 6.40. The number of carbonyl (C=O) groups excluding carboxylic acids is 2. The largest absolute Gasteiger partial charge is 0.340 e. The highest BCUT2D eigenvalue weighted by Gasteiger charge is 2.29. The number of amides is 2. The molecule has 0 unspecified atom stereocenters. The molecule has 32 heavy (non-hydrogen) atoms. The van der Waals surface area contributed by atoms with Gasteiger partial charge in [0.25, 0.3) is 5.91 Å². The van der Waals surface area contributed by atoms with Crippen molar-refractivity contribution in [3.05, 3.63) is 71.6 Å². The Bertz CT molecular complexity index is 1230. The van der Waals surface area contributed by atoms with Crippen LogP contribution in [-0.4, -0.2) is 55.6 Å². The molecule has 2 aromatic carbocycles. The van der Waals surface area contributed by atoms with Crippen molar-refractivity contribution in [2.24, 2.45) is 0 Å². The number of anilines is 1. The lowest BCUT2D eigenvalue weighted by Crippen LogP contribution is -2.49. The van der Waals surface area contributed by atoms with Gasteiger partial charge in [0.05, 0.1) is 4.90 Å². The summed E-state index contributed by atoms with van der Waals surface area (Å²) in [5.41, 5.74) is 1.82. The number of carbonyl (C=O) groups is 2. The monoisotopic (exact) mass is 469 g/mol. The van der Waals surface area contributed by atoms with Gasteiger partial charge in [-0.05, 0) is 35.7 Å². The van der Waals surface area contributed by atoms with Crippen LogP contribution in [0.25, 0.3) is 10.4 Å². The molecule has 1 saturated heterocycles. The average molecular weight is 470 g/mol. The summed E-state index contributed by atoms with van der Waals surface area (Å²) in [6, 6.07) is 17.5. The molecule has 1 aromatic heterocycles. The summed E-state index contributed by atoms with van der Waals surface area (Å²) in [4.78, 5) is 27.2. The molecule has 4 rings (SSSR count). The lowest BCUT2D eigenvalue weighted by molar-refractivity contribution is -0.129. The summed E-state index contributed by atoms with van der Waals surface area (Å²) >= 11 is 1.58. The molecule has 3 aromatic rings. The van der Waals surface area contributed by atoms with Gasteiger partial charge in [-0.2, -0.15) is 4.31 Å². The van der Waals surface area contributed by atoms with Gasteiger partial charge in [0, 0.05) is 54.8 Å². The maximum Gasteiger partial charge on any atom is 0.255 e. The van der Waals surface area contributed by atoms with Gasteiger partial charge in [0.2, 0.25) is 15.9 Å². The molecule has 0 radical (unpaired) electrons. The fraction of sp³-hybridized carbons (Fsp3) is 0.217. The van der Waals surface area contributed by atoms with Crippen LogP contribution in [0.1, 0.15) is 17.3 Å². The molecule has 2 heterocycles. The Morgan fingerprint density at radius 2 is 1.69 bits per heavy atom. The van der Waals surface area contributed by atoms with E-state index in [9.17, 15) is 18.0 Å². The maximum absolute atomic E-state index is 13.1. The first-order valence-corrected chi connectivity index (χ1v) is 12.5. The molecule has 0 bridgehead atoms. The summed E-state index contributed by atoms with van der Waals surface area (Å²) in [5, 5.41) is 4.88. The summed E-state index contributed by atoms with van der Waals surface area (Å²) in [6.07, 6.45) is 0. The Hall–Kier alpha value is -3.01. The number of sulfonamides is 1. The molecular formula is C23H23N3O4S2. The molecule has 1 aliphatic rings. The Labute approximate surface area is 191 Å². The van der Waals surface area contributed by atoms with Crippen LogP contribution in [0.4, 0.5) is 5.69 Å². The minimum atomic E-state index is -3.77. The first kappa shape index (κ1) is 22.2. The standard InChI is InChI=1S/C23H23N3O4S2/c1-17(27)25-11-13-26(14-12-25)32(29,30)19-7-4-6-18(16-19)23(28)24-21-9-3-2-8-20(21)22-10-5-15-31-22/h2-10,15-16H,11-14H2,1H3,(H,24,28). The molecule has 0 saturated carbocycles. The molecule has 1 aliphatic heterocycles. The van der Waals surface area contributed by atoms with Crippen LogP contribution in [0.15, 0.2) is 70.9 Å². The summed E-state index contributed by atoms with van der Waals surface area (Å²) in [7, 11) is -3.77. The number of thiophene rings is 1. The molecule has 9 heteroatoms. The van der Waals surface area contributed by atoms with Crippen molar-refractivity contribution in [2.45, 2.75) is 11.8 Å². The van der Waals surface area contributed by atoms with E-state index < -0.39 is 10.0 Å². The van der Waals surface area contributed by atoms with Crippen molar-refractivity contribution in [2.75, 3.05) is 31.5 Å². The van der Waals surface area contributed by atoms with Crippen LogP contribution < -0.4 is 5.32 Å². The quantitative estimate of drug-likeness (QED) is 0.619. The van der Waals surface area contributed by atoms with Gasteiger partial charge in [0.1, 0.15) is 0 Å². The average Bonchev–Trinajstić information content (AvgIpc) is 3.34. The predicted octanol–water partition coefficient (Wildman–Crippen LogP) is 3.52. The number of benzene rings is 2. The molecule has 7 nitrogen and oxygen atoms in total. The van der Waals surface area contributed by atoms with Crippen LogP contribution in [0.2, 0.25) is 0 Å². The first-order valence-electron chi connectivity index (χ1n) is 10.2. The second-order valence-electron chi connectivity index (χ2n) is 7.41. The topological polar surface area (TPSA) is 86.8 Å². The third-order valence-corrected chi connectivity index (χ3v) is 8.18. The van der Waals surface area contributed by atoms with Gasteiger partial charge in [-0.1, -0.05) is 30.3 Å². The smallest absolute Gasteiger partial charge is 0.255 e. The van der Waals surface area contributed by atoms with Gasteiger partial charge in [-0.15, -0.1) is 11.3 Å². The molecular weight excluding hydrogens is 446 g/mol. The zero-order valence-corrected chi connectivity index (χ0v) is 19.2. The third-order valence-electron chi connectivity index (χ3n) is 5.38. The zero-order valence-electron chi connectivity index (χ0n) is 17.5. The normalized spacial score (nSPS) is 14.8. The molecule has 2 amide bonds. The fourth-order valence-electron chi connectivity index (χ4n) is 3.62. The van der Waals surface area contributed by atoms with E-state index in [1.165, 1.54) is 23.4 Å². The van der Waals surface area contributed by atoms with Crippen LogP contribution in [-0.2, 0) is 14.8 Å². The highest BCUT2D eigenvalue weighted by Crippen LogP contribution is 2.31. The van der Waals surface area contributed by atoms with Crippen LogP contribution in [0, 0.1) is 0 Å². The van der Waals surface area contributed by atoms with Gasteiger partial charge < -0.3 is 10.2 Å². The zero-order chi connectivity index (χ0) is 22.7. The third kappa shape index (κ3) is 4.59. The highest BCUT2D eigenvalue weighted by atomic mass is 32.2. The SMILES string of the molecule is CC(=O)N1CCN(S(=O)(=O)c2cccc(C(=O)Nc3ccccc3-c3cccs3)c2)CC1. The number of hydrogen-bond donors (Lipinski definition) is 1. The van der Waals surface area contributed by atoms with E-state index in [-0.39, 0.29) is 35.4 Å². The van der Waals surface area contributed by atoms with E-state index in [0.29, 0.717) is 18.8 Å². The predicted molar refractivity (Wildman–Crippen MR) is 125 cm³/mol. The van der Waals surface area contributed by atoms with Crippen molar-refractivity contribution < 1.29 is 18.0 Å². The van der Waals surface area contributed by atoms with E-state index in [1.54, 1.807) is 28.4 Å². The number of hydrogen-bond acceptors (Lipinski definition) is 5. The lowest BCUT2D eigenvalue weighted by atomic mass is 10.1. The Morgan fingerprint density at radius 3 is 2.38 bits per heavy atom. The molecule has 1 N–H and O–H groups in total. The Balaban J connectivity index is 1.54. The van der Waals surface area contributed by atoms with E-state index in [4.69, 9.17) is 0 Å². The minimum absolute atomic E-state index is 0.0629. The summed E-state index contributed by atoms with van der Waals surface area (Å²) in [6.45, 7) is 2.64. The molecule has 0 aliphatic carbocycles. The van der Waals surface area contributed by atoms with Gasteiger partial charge >= 0.3 is 0 Å². The molecule has 0 atom stereocenters. The van der Waals surface area contributed by atoms with E-state index in [0.717, 1.165) is 10.4 Å². The molecule has 0 spiro atoms. The van der Waals surface area contributed by atoms with Crippen molar-refractivity contribution in [3.8, 4) is 10.4 Å². The molecule has 166 valence electrons.